The molecular weight excluding hydrogens is 252 g/mol. The van der Waals surface area contributed by atoms with Crippen LogP contribution in [0.4, 0.5) is 0 Å². The molecule has 0 unspecified atom stereocenters. The lowest BCUT2D eigenvalue weighted by molar-refractivity contribution is 0.0953. The summed E-state index contributed by atoms with van der Waals surface area (Å²) in [5.74, 6) is -0.0257. The maximum atomic E-state index is 11.7. The average Bonchev–Trinajstić information content (AvgIpc) is 2.33. The van der Waals surface area contributed by atoms with E-state index in [2.05, 4.69) is 10.6 Å². The quantitative estimate of drug-likeness (QED) is 0.738. The van der Waals surface area contributed by atoms with Crippen LogP contribution in [0, 0.1) is 6.92 Å². The zero-order valence-electron chi connectivity index (χ0n) is 10.9. The summed E-state index contributed by atoms with van der Waals surface area (Å²) in [6, 6.07) is 7.57. The van der Waals surface area contributed by atoms with Crippen molar-refractivity contribution in [3.8, 4) is 0 Å². The van der Waals surface area contributed by atoms with Crippen LogP contribution in [0.3, 0.4) is 0 Å². The van der Waals surface area contributed by atoms with Crippen LogP contribution in [0.15, 0.2) is 24.3 Å². The minimum absolute atomic E-state index is 0. The van der Waals surface area contributed by atoms with E-state index in [-0.39, 0.29) is 18.3 Å². The van der Waals surface area contributed by atoms with Crippen molar-refractivity contribution in [3.63, 3.8) is 0 Å². The molecule has 0 spiro atoms. The van der Waals surface area contributed by atoms with Crippen LogP contribution < -0.4 is 10.6 Å². The summed E-state index contributed by atoms with van der Waals surface area (Å²) in [6.45, 7) is 4.84. The molecule has 18 heavy (non-hydrogen) atoms. The Morgan fingerprint density at radius 1 is 1.28 bits per heavy atom. The van der Waals surface area contributed by atoms with Crippen molar-refractivity contribution in [3.05, 3.63) is 35.4 Å². The second kappa shape index (κ2) is 9.88. The van der Waals surface area contributed by atoms with E-state index >= 15 is 0 Å². The number of methoxy groups -OCH3 is 1. The molecule has 1 aromatic carbocycles. The van der Waals surface area contributed by atoms with Crippen molar-refractivity contribution in [2.24, 2.45) is 0 Å². The van der Waals surface area contributed by atoms with Gasteiger partial charge in [0, 0.05) is 32.3 Å². The zero-order chi connectivity index (χ0) is 12.5. The highest BCUT2D eigenvalue weighted by atomic mass is 35.5. The third-order valence-electron chi connectivity index (χ3n) is 2.35. The van der Waals surface area contributed by atoms with E-state index in [1.807, 2.05) is 31.2 Å². The van der Waals surface area contributed by atoms with Gasteiger partial charge in [0.05, 0.1) is 6.61 Å². The number of carbonyl (C=O) groups is 1. The minimum Gasteiger partial charge on any atom is -0.383 e. The van der Waals surface area contributed by atoms with Gasteiger partial charge in [-0.05, 0) is 19.1 Å². The molecule has 0 atom stereocenters. The highest BCUT2D eigenvalue weighted by molar-refractivity contribution is 5.94. The lowest BCUT2D eigenvalue weighted by atomic mass is 10.1. The number of nitrogens with one attached hydrogen (secondary N) is 2. The average molecular weight is 273 g/mol. The van der Waals surface area contributed by atoms with Crippen molar-refractivity contribution < 1.29 is 9.53 Å². The fourth-order valence-electron chi connectivity index (χ4n) is 1.45. The van der Waals surface area contributed by atoms with Crippen LogP contribution in [0.25, 0.3) is 0 Å². The molecule has 1 amide bonds. The van der Waals surface area contributed by atoms with Gasteiger partial charge in [-0.25, -0.2) is 0 Å². The molecule has 102 valence electrons. The molecule has 5 heteroatoms. The molecule has 0 aromatic heterocycles. The Morgan fingerprint density at radius 3 is 2.72 bits per heavy atom. The van der Waals surface area contributed by atoms with E-state index in [1.165, 1.54) is 0 Å². The Bertz CT molecular complexity index is 359. The van der Waals surface area contributed by atoms with Crippen molar-refractivity contribution in [1.29, 1.82) is 0 Å². The topological polar surface area (TPSA) is 50.4 Å². The monoisotopic (exact) mass is 272 g/mol. The number of aryl methyl sites for hydroxylation is 1. The highest BCUT2D eigenvalue weighted by Crippen LogP contribution is 2.03. The van der Waals surface area contributed by atoms with E-state index in [0.717, 1.165) is 18.7 Å². The van der Waals surface area contributed by atoms with Gasteiger partial charge in [0.2, 0.25) is 0 Å². The summed E-state index contributed by atoms with van der Waals surface area (Å²) in [5, 5.41) is 6.03. The maximum Gasteiger partial charge on any atom is 0.251 e. The number of ether oxygens (including phenoxy) is 1. The molecule has 0 heterocycles. The van der Waals surface area contributed by atoms with Gasteiger partial charge < -0.3 is 15.4 Å². The van der Waals surface area contributed by atoms with E-state index < -0.39 is 0 Å². The number of carbonyl (C=O) groups excluding carboxylic acids is 1. The van der Waals surface area contributed by atoms with Crippen LogP contribution in [0.1, 0.15) is 15.9 Å². The summed E-state index contributed by atoms with van der Waals surface area (Å²) < 4.78 is 4.90. The summed E-state index contributed by atoms with van der Waals surface area (Å²) in [6.07, 6.45) is 0. The van der Waals surface area contributed by atoms with Crippen LogP contribution in [0.5, 0.6) is 0 Å². The summed E-state index contributed by atoms with van der Waals surface area (Å²) in [4.78, 5) is 11.7. The standard InChI is InChI=1S/C13H20N2O2.ClH/c1-11-4-3-5-12(10-11)13(16)15-7-6-14-8-9-17-2;/h3-5,10,14H,6-9H2,1-2H3,(H,15,16);1H. The first-order valence-electron chi connectivity index (χ1n) is 5.78. The van der Waals surface area contributed by atoms with Crippen LogP contribution in [-0.4, -0.2) is 39.3 Å². The van der Waals surface area contributed by atoms with E-state index in [9.17, 15) is 4.79 Å². The van der Waals surface area contributed by atoms with Gasteiger partial charge in [0.1, 0.15) is 0 Å². The predicted octanol–water partition coefficient (Wildman–Crippen LogP) is 1.38. The Labute approximate surface area is 115 Å². The summed E-state index contributed by atoms with van der Waals surface area (Å²) in [5.41, 5.74) is 1.80. The smallest absolute Gasteiger partial charge is 0.251 e. The molecule has 0 aliphatic carbocycles. The maximum absolute atomic E-state index is 11.7. The molecule has 0 aliphatic rings. The van der Waals surface area contributed by atoms with E-state index in [1.54, 1.807) is 7.11 Å². The first-order valence-corrected chi connectivity index (χ1v) is 5.78. The van der Waals surface area contributed by atoms with Crippen LogP contribution >= 0.6 is 12.4 Å². The molecule has 1 aromatic rings. The van der Waals surface area contributed by atoms with Crippen LogP contribution in [0.2, 0.25) is 0 Å². The van der Waals surface area contributed by atoms with Crippen LogP contribution in [-0.2, 0) is 4.74 Å². The molecule has 2 N–H and O–H groups in total. The Kier molecular flexibility index (Phi) is 9.28. The normalized spacial score (nSPS) is 9.67. The van der Waals surface area contributed by atoms with Gasteiger partial charge in [-0.2, -0.15) is 0 Å². The molecule has 0 fully saturated rings. The van der Waals surface area contributed by atoms with Gasteiger partial charge in [-0.3, -0.25) is 4.79 Å². The SMILES string of the molecule is COCCNCCNC(=O)c1cccc(C)c1.Cl. The highest BCUT2D eigenvalue weighted by Gasteiger charge is 2.03. The minimum atomic E-state index is -0.0257. The van der Waals surface area contributed by atoms with Gasteiger partial charge >= 0.3 is 0 Å². The van der Waals surface area contributed by atoms with Crippen molar-refractivity contribution in [1.82, 2.24) is 10.6 Å². The second-order valence-electron chi connectivity index (χ2n) is 3.87. The van der Waals surface area contributed by atoms with Gasteiger partial charge in [0.15, 0.2) is 0 Å². The third kappa shape index (κ3) is 6.59. The van der Waals surface area contributed by atoms with Gasteiger partial charge in [-0.1, -0.05) is 17.7 Å². The third-order valence-corrected chi connectivity index (χ3v) is 2.35. The molecule has 0 saturated carbocycles. The van der Waals surface area contributed by atoms with E-state index in [0.29, 0.717) is 18.7 Å². The molecule has 4 nitrogen and oxygen atoms in total. The number of benzene rings is 1. The van der Waals surface area contributed by atoms with Gasteiger partial charge in [-0.15, -0.1) is 12.4 Å². The summed E-state index contributed by atoms with van der Waals surface area (Å²) >= 11 is 0. The van der Waals surface area contributed by atoms with Crippen molar-refractivity contribution in [2.75, 3.05) is 33.4 Å². The molecular formula is C13H21ClN2O2. The zero-order valence-corrected chi connectivity index (χ0v) is 11.7. The van der Waals surface area contributed by atoms with E-state index in [4.69, 9.17) is 4.74 Å². The molecule has 0 radical (unpaired) electrons. The first-order chi connectivity index (χ1) is 8.24. The first kappa shape index (κ1) is 16.9. The lowest BCUT2D eigenvalue weighted by Crippen LogP contribution is -2.33. The molecule has 0 bridgehead atoms. The Balaban J connectivity index is 0.00000289. The number of halogens is 1. The Morgan fingerprint density at radius 2 is 2.06 bits per heavy atom. The second-order valence-corrected chi connectivity index (χ2v) is 3.87. The van der Waals surface area contributed by atoms with Gasteiger partial charge in [0.25, 0.3) is 5.91 Å². The van der Waals surface area contributed by atoms with Crippen molar-refractivity contribution in [2.45, 2.75) is 6.92 Å². The Hall–Kier alpha value is -1.10. The summed E-state index contributed by atoms with van der Waals surface area (Å²) in [7, 11) is 1.67. The fourth-order valence-corrected chi connectivity index (χ4v) is 1.45. The largest absolute Gasteiger partial charge is 0.383 e. The predicted molar refractivity (Wildman–Crippen MR) is 75.5 cm³/mol. The molecule has 0 aliphatic heterocycles. The molecule has 0 saturated heterocycles. The number of rotatable bonds is 7. The number of amides is 1. The number of hydrogen-bond acceptors (Lipinski definition) is 3. The van der Waals surface area contributed by atoms with Crippen molar-refractivity contribution >= 4 is 18.3 Å². The lowest BCUT2D eigenvalue weighted by Gasteiger charge is -2.07. The molecule has 1 rings (SSSR count). The number of hydrogen-bond donors (Lipinski definition) is 2. The fraction of sp³-hybridized carbons (Fsp3) is 0.462.